The van der Waals surface area contributed by atoms with E-state index in [9.17, 15) is 23.2 Å². The molecule has 1 saturated carbocycles. The SMILES string of the molecule is N#CCC1(n2cc(-c3ncnc4[nH]ccc34)cn2)CC(N2CCN(C(=O)N3CCCC3C(F)(F)F)CC2)C1. The summed E-state index contributed by atoms with van der Waals surface area (Å²) in [5.74, 6) is 0. The summed E-state index contributed by atoms with van der Waals surface area (Å²) in [6.45, 7) is 2.14. The predicted octanol–water partition coefficient (Wildman–Crippen LogP) is 3.36. The van der Waals surface area contributed by atoms with Gasteiger partial charge in [0, 0.05) is 62.1 Å². The Labute approximate surface area is 217 Å². The van der Waals surface area contributed by atoms with E-state index >= 15 is 0 Å². The van der Waals surface area contributed by atoms with Crippen LogP contribution in [0.2, 0.25) is 0 Å². The number of nitrogens with one attached hydrogen (secondary N) is 1. The van der Waals surface area contributed by atoms with Crippen LogP contribution in [0.3, 0.4) is 0 Å². The number of aromatic nitrogens is 5. The minimum absolute atomic E-state index is 0.0271. The fourth-order valence-corrected chi connectivity index (χ4v) is 6.24. The molecule has 5 heterocycles. The number of fused-ring (bicyclic) bond motifs is 1. The number of hydrogen-bond acceptors (Lipinski definition) is 6. The molecule has 13 heteroatoms. The lowest BCUT2D eigenvalue weighted by molar-refractivity contribution is -0.170. The number of urea groups is 1. The number of likely N-dealkylation sites (tertiary alicyclic amines) is 1. The number of carbonyl (C=O) groups is 1. The molecule has 1 aliphatic carbocycles. The molecule has 0 bridgehead atoms. The van der Waals surface area contributed by atoms with Crippen LogP contribution in [-0.2, 0) is 5.54 Å². The summed E-state index contributed by atoms with van der Waals surface area (Å²) < 4.78 is 41.9. The summed E-state index contributed by atoms with van der Waals surface area (Å²) in [7, 11) is 0. The van der Waals surface area contributed by atoms with E-state index in [4.69, 9.17) is 0 Å². The van der Waals surface area contributed by atoms with Crippen LogP contribution in [0.1, 0.15) is 32.1 Å². The number of hydrogen-bond donors (Lipinski definition) is 1. The van der Waals surface area contributed by atoms with Gasteiger partial charge in [0.05, 0.1) is 29.9 Å². The van der Waals surface area contributed by atoms with Crippen LogP contribution in [0.25, 0.3) is 22.3 Å². The second-order valence-electron chi connectivity index (χ2n) is 10.5. The van der Waals surface area contributed by atoms with Gasteiger partial charge in [0.25, 0.3) is 0 Å². The molecule has 2 saturated heterocycles. The molecule has 10 nitrogen and oxygen atoms in total. The fraction of sp³-hybridized carbons (Fsp3) is 0.560. The number of alkyl halides is 3. The van der Waals surface area contributed by atoms with E-state index in [2.05, 4.69) is 31.0 Å². The quantitative estimate of drug-likeness (QED) is 0.557. The zero-order chi connectivity index (χ0) is 26.5. The Kier molecular flexibility index (Phi) is 6.02. The normalized spacial score (nSPS) is 26.5. The smallest absolute Gasteiger partial charge is 0.346 e. The van der Waals surface area contributed by atoms with Crippen molar-refractivity contribution in [3.63, 3.8) is 0 Å². The Morgan fingerprint density at radius 2 is 1.97 bits per heavy atom. The topological polar surface area (TPSA) is 110 Å². The molecule has 3 fully saturated rings. The van der Waals surface area contributed by atoms with Crippen molar-refractivity contribution in [3.05, 3.63) is 31.0 Å². The largest absolute Gasteiger partial charge is 0.408 e. The zero-order valence-electron chi connectivity index (χ0n) is 20.7. The predicted molar refractivity (Wildman–Crippen MR) is 131 cm³/mol. The Bertz CT molecular complexity index is 1360. The molecule has 0 spiro atoms. The lowest BCUT2D eigenvalue weighted by Crippen LogP contribution is -2.62. The maximum atomic E-state index is 13.3. The van der Waals surface area contributed by atoms with E-state index < -0.39 is 23.8 Å². The summed E-state index contributed by atoms with van der Waals surface area (Å²) in [6, 6.07) is 2.27. The number of rotatable bonds is 4. The number of nitrogens with zero attached hydrogens (tertiary/aromatic N) is 8. The number of H-pyrrole nitrogens is 1. The minimum atomic E-state index is -4.39. The van der Waals surface area contributed by atoms with Gasteiger partial charge in [-0.1, -0.05) is 0 Å². The van der Waals surface area contributed by atoms with Gasteiger partial charge in [0.15, 0.2) is 0 Å². The Hall–Kier alpha value is -3.66. The lowest BCUT2D eigenvalue weighted by Gasteiger charge is -2.52. The summed E-state index contributed by atoms with van der Waals surface area (Å²) >= 11 is 0. The summed E-state index contributed by atoms with van der Waals surface area (Å²) in [4.78, 5) is 29.4. The van der Waals surface area contributed by atoms with Gasteiger partial charge in [-0.3, -0.25) is 9.58 Å². The van der Waals surface area contributed by atoms with Crippen LogP contribution in [0.4, 0.5) is 18.0 Å². The molecule has 3 aromatic rings. The van der Waals surface area contributed by atoms with Gasteiger partial charge < -0.3 is 14.8 Å². The van der Waals surface area contributed by atoms with Gasteiger partial charge in [-0.2, -0.15) is 23.5 Å². The van der Waals surface area contributed by atoms with Gasteiger partial charge in [0.1, 0.15) is 18.0 Å². The maximum absolute atomic E-state index is 13.3. The molecule has 0 aromatic carbocycles. The van der Waals surface area contributed by atoms with Gasteiger partial charge in [-0.15, -0.1) is 0 Å². The van der Waals surface area contributed by atoms with Crippen LogP contribution in [0.5, 0.6) is 0 Å². The molecule has 3 aliphatic rings. The summed E-state index contributed by atoms with van der Waals surface area (Å²) in [5, 5.41) is 15.1. The number of nitriles is 1. The first-order valence-electron chi connectivity index (χ1n) is 12.9. The third kappa shape index (κ3) is 4.16. The monoisotopic (exact) mass is 527 g/mol. The minimum Gasteiger partial charge on any atom is -0.346 e. The summed E-state index contributed by atoms with van der Waals surface area (Å²) in [5.41, 5.74) is 1.94. The van der Waals surface area contributed by atoms with Crippen molar-refractivity contribution < 1.29 is 18.0 Å². The molecule has 0 radical (unpaired) electrons. The van der Waals surface area contributed by atoms with Crippen molar-refractivity contribution >= 4 is 17.1 Å². The number of halogens is 3. The number of aromatic amines is 1. The van der Waals surface area contributed by atoms with Crippen LogP contribution in [0.15, 0.2) is 31.0 Å². The second kappa shape index (κ2) is 9.27. The van der Waals surface area contributed by atoms with Gasteiger partial charge in [-0.05, 0) is 31.7 Å². The van der Waals surface area contributed by atoms with E-state index in [-0.39, 0.29) is 19.0 Å². The van der Waals surface area contributed by atoms with Crippen molar-refractivity contribution in [3.8, 4) is 17.3 Å². The number of piperazine rings is 1. The molecule has 1 unspecified atom stereocenters. The standard InChI is InChI=1S/C25H28F3N9O/c26-25(27,28)20-2-1-7-36(20)23(38)35-10-8-34(9-11-35)18-12-24(13-18,4-5-29)37-15-17(14-33-37)21-19-3-6-30-22(19)32-16-31-21/h3,6,14-16,18,20H,1-2,4,7-13H2,(H,30,31,32). The van der Waals surface area contributed by atoms with Crippen LogP contribution in [0, 0.1) is 11.3 Å². The molecule has 1 N–H and O–H groups in total. The lowest BCUT2D eigenvalue weighted by atomic mass is 9.70. The highest BCUT2D eigenvalue weighted by Crippen LogP contribution is 2.45. The summed E-state index contributed by atoms with van der Waals surface area (Å²) in [6.07, 6.45) is 4.77. The highest BCUT2D eigenvalue weighted by atomic mass is 19.4. The van der Waals surface area contributed by atoms with Gasteiger partial charge in [0.2, 0.25) is 0 Å². The first kappa shape index (κ1) is 24.7. The third-order valence-corrected chi connectivity index (χ3v) is 8.31. The highest BCUT2D eigenvalue weighted by molar-refractivity contribution is 5.90. The molecule has 2 aliphatic heterocycles. The van der Waals surface area contributed by atoms with Crippen molar-refractivity contribution in [1.29, 1.82) is 5.26 Å². The molecule has 38 heavy (non-hydrogen) atoms. The number of carbonyl (C=O) groups excluding carboxylic acids is 1. The average molecular weight is 528 g/mol. The third-order valence-electron chi connectivity index (χ3n) is 8.31. The Morgan fingerprint density at radius 1 is 1.18 bits per heavy atom. The zero-order valence-corrected chi connectivity index (χ0v) is 20.7. The van der Waals surface area contributed by atoms with Crippen LogP contribution >= 0.6 is 0 Å². The van der Waals surface area contributed by atoms with Crippen molar-refractivity contribution in [1.82, 2.24) is 39.4 Å². The van der Waals surface area contributed by atoms with Crippen molar-refractivity contribution in [2.75, 3.05) is 32.7 Å². The first-order chi connectivity index (χ1) is 18.3. The molecular formula is C25H28F3N9O. The number of amides is 2. The van der Waals surface area contributed by atoms with Crippen molar-refractivity contribution in [2.24, 2.45) is 0 Å². The second-order valence-corrected chi connectivity index (χ2v) is 10.5. The highest BCUT2D eigenvalue weighted by Gasteiger charge is 2.51. The average Bonchev–Trinajstić information content (AvgIpc) is 3.65. The Balaban J connectivity index is 1.10. The Morgan fingerprint density at radius 3 is 2.71 bits per heavy atom. The molecule has 2 amide bonds. The molecule has 6 rings (SSSR count). The van der Waals surface area contributed by atoms with E-state index in [1.807, 2.05) is 23.1 Å². The first-order valence-corrected chi connectivity index (χ1v) is 12.9. The van der Waals surface area contributed by atoms with Gasteiger partial charge >= 0.3 is 12.2 Å². The van der Waals surface area contributed by atoms with E-state index in [1.54, 1.807) is 11.1 Å². The molecule has 3 aromatic heterocycles. The molecule has 1 atom stereocenters. The van der Waals surface area contributed by atoms with Crippen molar-refractivity contribution in [2.45, 2.75) is 55.9 Å². The maximum Gasteiger partial charge on any atom is 0.408 e. The van der Waals surface area contributed by atoms with E-state index in [0.29, 0.717) is 39.0 Å². The molecule has 200 valence electrons. The molecular weight excluding hydrogens is 499 g/mol. The van der Waals surface area contributed by atoms with Crippen LogP contribution in [-0.4, -0.2) is 96.4 Å². The van der Waals surface area contributed by atoms with Crippen LogP contribution < -0.4 is 0 Å². The van der Waals surface area contributed by atoms with E-state index in [0.717, 1.165) is 40.0 Å². The van der Waals surface area contributed by atoms with E-state index in [1.165, 1.54) is 6.33 Å². The van der Waals surface area contributed by atoms with Gasteiger partial charge in [-0.25, -0.2) is 14.8 Å². The fourth-order valence-electron chi connectivity index (χ4n) is 6.24.